The van der Waals surface area contributed by atoms with Crippen molar-refractivity contribution in [1.82, 2.24) is 5.32 Å². The van der Waals surface area contributed by atoms with Crippen molar-refractivity contribution in [3.8, 4) is 0 Å². The average Bonchev–Trinajstić information content (AvgIpc) is 1.65. The van der Waals surface area contributed by atoms with E-state index in [9.17, 15) is 13.2 Å². The summed E-state index contributed by atoms with van der Waals surface area (Å²) in [6, 6.07) is 0. The van der Waals surface area contributed by atoms with Crippen LogP contribution in [0.15, 0.2) is 0 Å². The number of carbonyl (C=O) groups excluding carboxylic acids is 1. The van der Waals surface area contributed by atoms with Gasteiger partial charge in [0.15, 0.2) is 0 Å². The van der Waals surface area contributed by atoms with Gasteiger partial charge in [-0.3, -0.25) is 4.79 Å². The summed E-state index contributed by atoms with van der Waals surface area (Å²) >= 11 is 0. The first-order chi connectivity index (χ1) is 3.66. The van der Waals surface area contributed by atoms with E-state index in [-0.39, 0.29) is 0 Å². The molecule has 0 saturated heterocycles. The molecule has 1 N–H and O–H groups in total. The van der Waals surface area contributed by atoms with Crippen molar-refractivity contribution in [3.63, 3.8) is 0 Å². The number of amides is 1. The van der Waals surface area contributed by atoms with Crippen molar-refractivity contribution >= 4 is 21.6 Å². The fourth-order valence-electron chi connectivity index (χ4n) is 0.146. The lowest BCUT2D eigenvalue weighted by Crippen LogP contribution is -2.18. The molecular formula is C3H5NO3S. The van der Waals surface area contributed by atoms with Gasteiger partial charge in [-0.05, 0) is 0 Å². The highest BCUT2D eigenvalue weighted by Gasteiger charge is 1.86. The zero-order valence-corrected chi connectivity index (χ0v) is 5.03. The Morgan fingerprint density at radius 2 is 2.12 bits per heavy atom. The molecule has 8 heavy (non-hydrogen) atoms. The van der Waals surface area contributed by atoms with Crippen LogP contribution in [0, 0.1) is 0 Å². The molecule has 0 fully saturated rings. The Hall–Kier alpha value is -0.840. The van der Waals surface area contributed by atoms with Crippen molar-refractivity contribution in [3.05, 3.63) is 0 Å². The summed E-state index contributed by atoms with van der Waals surface area (Å²) in [6.45, 7) is 0. The van der Waals surface area contributed by atoms with E-state index in [4.69, 9.17) is 0 Å². The van der Waals surface area contributed by atoms with Crippen LogP contribution in [0.1, 0.15) is 0 Å². The van der Waals surface area contributed by atoms with Crippen LogP contribution in [0.2, 0.25) is 0 Å². The lowest BCUT2D eigenvalue weighted by molar-refractivity contribution is -0.113. The molecule has 0 rings (SSSR count). The molecule has 0 aromatic carbocycles. The van der Waals surface area contributed by atoms with Crippen LogP contribution in [0.25, 0.3) is 0 Å². The van der Waals surface area contributed by atoms with E-state index in [1.54, 1.807) is 0 Å². The summed E-state index contributed by atoms with van der Waals surface area (Å²) in [5, 5.41) is 2.66. The van der Waals surface area contributed by atoms with Gasteiger partial charge in [0, 0.05) is 7.05 Å². The first-order valence-electron chi connectivity index (χ1n) is 1.81. The summed E-state index contributed by atoms with van der Waals surface area (Å²) < 4.78 is 19.3. The SMILES string of the molecule is CNC(=O)C=S(=O)=O. The predicted molar refractivity (Wildman–Crippen MR) is 29.1 cm³/mol. The Morgan fingerprint density at radius 3 is 2.25 bits per heavy atom. The second kappa shape index (κ2) is 3.20. The Morgan fingerprint density at radius 1 is 1.62 bits per heavy atom. The Kier molecular flexibility index (Phi) is 2.86. The predicted octanol–water partition coefficient (Wildman–Crippen LogP) is -1.59. The topological polar surface area (TPSA) is 63.2 Å². The van der Waals surface area contributed by atoms with E-state index in [0.717, 1.165) is 0 Å². The molecule has 0 aliphatic carbocycles. The maximum Gasteiger partial charge on any atom is 0.259 e. The van der Waals surface area contributed by atoms with Gasteiger partial charge < -0.3 is 5.32 Å². The minimum Gasteiger partial charge on any atom is -0.355 e. The van der Waals surface area contributed by atoms with E-state index in [2.05, 4.69) is 5.32 Å². The molecule has 0 aromatic rings. The molecule has 0 atom stereocenters. The van der Waals surface area contributed by atoms with E-state index >= 15 is 0 Å². The highest BCUT2D eigenvalue weighted by molar-refractivity contribution is 7.73. The summed E-state index contributed by atoms with van der Waals surface area (Å²) in [7, 11) is -1.03. The molecule has 0 saturated carbocycles. The highest BCUT2D eigenvalue weighted by Crippen LogP contribution is 1.48. The van der Waals surface area contributed by atoms with Crippen LogP contribution in [0.5, 0.6) is 0 Å². The molecule has 0 unspecified atom stereocenters. The Bertz CT molecular complexity index is 195. The number of hydrogen-bond acceptors (Lipinski definition) is 3. The van der Waals surface area contributed by atoms with Crippen molar-refractivity contribution in [1.29, 1.82) is 0 Å². The van der Waals surface area contributed by atoms with Crippen LogP contribution >= 0.6 is 0 Å². The zero-order chi connectivity index (χ0) is 6.57. The molecule has 46 valence electrons. The molecule has 0 bridgehead atoms. The van der Waals surface area contributed by atoms with Gasteiger partial charge in [-0.2, -0.15) is 8.42 Å². The van der Waals surface area contributed by atoms with Gasteiger partial charge >= 0.3 is 0 Å². The third-order valence-electron chi connectivity index (χ3n) is 0.450. The second-order valence-electron chi connectivity index (χ2n) is 0.993. The van der Waals surface area contributed by atoms with Gasteiger partial charge in [-0.1, -0.05) is 0 Å². The lowest BCUT2D eigenvalue weighted by Gasteiger charge is -1.81. The average molecular weight is 135 g/mol. The smallest absolute Gasteiger partial charge is 0.259 e. The van der Waals surface area contributed by atoms with Gasteiger partial charge in [-0.15, -0.1) is 0 Å². The second-order valence-corrected chi connectivity index (χ2v) is 1.75. The molecule has 5 heteroatoms. The van der Waals surface area contributed by atoms with E-state index in [0.29, 0.717) is 5.37 Å². The molecule has 4 nitrogen and oxygen atoms in total. The van der Waals surface area contributed by atoms with Gasteiger partial charge in [0.25, 0.3) is 5.91 Å². The van der Waals surface area contributed by atoms with E-state index in [1.807, 2.05) is 0 Å². The van der Waals surface area contributed by atoms with Crippen LogP contribution in [-0.4, -0.2) is 26.7 Å². The van der Waals surface area contributed by atoms with Crippen LogP contribution in [-0.2, 0) is 15.1 Å². The highest BCUT2D eigenvalue weighted by atomic mass is 32.2. The fraction of sp³-hybridized carbons (Fsp3) is 0.333. The number of carbonyl (C=O) groups is 1. The molecule has 1 amide bonds. The van der Waals surface area contributed by atoms with Gasteiger partial charge in [-0.25, -0.2) is 0 Å². The van der Waals surface area contributed by atoms with Crippen LogP contribution < -0.4 is 5.32 Å². The van der Waals surface area contributed by atoms with Crippen molar-refractivity contribution < 1.29 is 13.2 Å². The third-order valence-corrected chi connectivity index (χ3v) is 0.856. The van der Waals surface area contributed by atoms with Gasteiger partial charge in [0.1, 0.15) is 5.37 Å². The summed E-state index contributed by atoms with van der Waals surface area (Å²) in [5.41, 5.74) is 0. The third kappa shape index (κ3) is 3.35. The van der Waals surface area contributed by atoms with Gasteiger partial charge in [0.2, 0.25) is 10.3 Å². The normalized spacial score (nSPS) is 7.62. The first kappa shape index (κ1) is 7.16. The number of nitrogens with one attached hydrogen (secondary N) is 1. The largest absolute Gasteiger partial charge is 0.355 e. The van der Waals surface area contributed by atoms with E-state index in [1.165, 1.54) is 7.05 Å². The molecular weight excluding hydrogens is 130 g/mol. The Labute approximate surface area is 48.0 Å². The van der Waals surface area contributed by atoms with E-state index < -0.39 is 16.2 Å². The maximum atomic E-state index is 10.1. The molecule has 0 aromatic heterocycles. The van der Waals surface area contributed by atoms with Crippen LogP contribution in [0.4, 0.5) is 0 Å². The zero-order valence-electron chi connectivity index (χ0n) is 4.21. The molecule has 0 spiro atoms. The fourth-order valence-corrected chi connectivity index (χ4v) is 0.439. The maximum absolute atomic E-state index is 10.1. The lowest BCUT2D eigenvalue weighted by atomic mass is 10.7. The first-order valence-corrected chi connectivity index (χ1v) is 2.95. The van der Waals surface area contributed by atoms with Crippen molar-refractivity contribution in [2.75, 3.05) is 7.05 Å². The number of hydrogen-bond donors (Lipinski definition) is 1. The summed E-state index contributed by atoms with van der Waals surface area (Å²) in [4.78, 5) is 10.1. The van der Waals surface area contributed by atoms with Crippen LogP contribution in [0.3, 0.4) is 0 Å². The van der Waals surface area contributed by atoms with Crippen molar-refractivity contribution in [2.45, 2.75) is 0 Å². The quantitative estimate of drug-likeness (QED) is 0.441. The summed E-state index contributed by atoms with van der Waals surface area (Å²) in [6.07, 6.45) is 0. The Balaban J connectivity index is 4.12. The molecule has 0 heterocycles. The molecule has 0 radical (unpaired) electrons. The summed E-state index contributed by atoms with van der Waals surface area (Å²) in [5.74, 6) is -0.613. The molecule has 0 aliphatic rings. The monoisotopic (exact) mass is 135 g/mol. The standard InChI is InChI=1S/C3H5NO3S/c1-4-3(5)2-8(6)7/h2H,1H3,(H,4,5). The molecule has 0 aliphatic heterocycles. The minimum atomic E-state index is -2.38. The minimum absolute atomic E-state index is 0.556. The van der Waals surface area contributed by atoms with Gasteiger partial charge in [0.05, 0.1) is 0 Å². The number of rotatable bonds is 1. The van der Waals surface area contributed by atoms with Crippen molar-refractivity contribution in [2.24, 2.45) is 0 Å².